The number of benzene rings is 1. The molecule has 0 unspecified atom stereocenters. The molecule has 0 saturated carbocycles. The van der Waals surface area contributed by atoms with Gasteiger partial charge in [-0.05, 0) is 55.7 Å². The molecular weight excluding hydrogens is 282 g/mol. The SMILES string of the molecule is O=C(O)[C@@H]1CCCCN1C(=O)[C@@H]1CCCc2c(O)cccc21. The second kappa shape index (κ2) is 5.99. The summed E-state index contributed by atoms with van der Waals surface area (Å²) in [5.74, 6) is -1.10. The summed E-state index contributed by atoms with van der Waals surface area (Å²) in [7, 11) is 0. The molecule has 1 aromatic rings. The van der Waals surface area contributed by atoms with Crippen molar-refractivity contribution in [3.8, 4) is 5.75 Å². The van der Waals surface area contributed by atoms with Crippen molar-refractivity contribution in [3.05, 3.63) is 29.3 Å². The first-order valence-corrected chi connectivity index (χ1v) is 7.93. The summed E-state index contributed by atoms with van der Waals surface area (Å²) < 4.78 is 0. The van der Waals surface area contributed by atoms with Gasteiger partial charge < -0.3 is 15.1 Å². The smallest absolute Gasteiger partial charge is 0.326 e. The number of rotatable bonds is 2. The number of carboxylic acids is 1. The summed E-state index contributed by atoms with van der Waals surface area (Å²) in [5, 5.41) is 19.3. The number of hydrogen-bond donors (Lipinski definition) is 2. The molecule has 0 spiro atoms. The number of aliphatic carboxylic acids is 1. The summed E-state index contributed by atoms with van der Waals surface area (Å²) in [5.41, 5.74) is 1.71. The number of amides is 1. The Morgan fingerprint density at radius 2 is 1.95 bits per heavy atom. The first-order valence-electron chi connectivity index (χ1n) is 7.93. The molecule has 118 valence electrons. The third kappa shape index (κ3) is 2.56. The molecule has 1 saturated heterocycles. The second-order valence-corrected chi connectivity index (χ2v) is 6.17. The zero-order chi connectivity index (χ0) is 15.7. The predicted octanol–water partition coefficient (Wildman–Crippen LogP) is 2.28. The molecular formula is C17H21NO4. The van der Waals surface area contributed by atoms with Crippen LogP contribution in [-0.4, -0.2) is 39.6 Å². The van der Waals surface area contributed by atoms with Crippen LogP contribution in [0.4, 0.5) is 0 Å². The number of carboxylic acid groups (broad SMARTS) is 1. The van der Waals surface area contributed by atoms with Gasteiger partial charge in [0.15, 0.2) is 0 Å². The minimum atomic E-state index is -0.917. The average Bonchev–Trinajstić information content (AvgIpc) is 2.54. The van der Waals surface area contributed by atoms with Gasteiger partial charge in [-0.25, -0.2) is 4.79 Å². The van der Waals surface area contributed by atoms with Crippen molar-refractivity contribution in [1.29, 1.82) is 0 Å². The highest BCUT2D eigenvalue weighted by Gasteiger charge is 2.37. The van der Waals surface area contributed by atoms with E-state index in [1.165, 1.54) is 4.90 Å². The number of carbonyl (C=O) groups excluding carboxylic acids is 1. The Kier molecular flexibility index (Phi) is 4.05. The van der Waals surface area contributed by atoms with Gasteiger partial charge in [-0.1, -0.05) is 12.1 Å². The molecule has 1 fully saturated rings. The molecule has 0 aromatic heterocycles. The lowest BCUT2D eigenvalue weighted by molar-refractivity contribution is -0.152. The van der Waals surface area contributed by atoms with E-state index in [2.05, 4.69) is 0 Å². The van der Waals surface area contributed by atoms with Gasteiger partial charge >= 0.3 is 5.97 Å². The number of hydrogen-bond acceptors (Lipinski definition) is 3. The molecule has 1 heterocycles. The Balaban J connectivity index is 1.90. The van der Waals surface area contributed by atoms with Gasteiger partial charge in [-0.15, -0.1) is 0 Å². The summed E-state index contributed by atoms with van der Waals surface area (Å²) in [4.78, 5) is 25.9. The fraction of sp³-hybridized carbons (Fsp3) is 0.529. The van der Waals surface area contributed by atoms with Crippen molar-refractivity contribution < 1.29 is 19.8 Å². The predicted molar refractivity (Wildman–Crippen MR) is 80.8 cm³/mol. The number of fused-ring (bicyclic) bond motifs is 1. The lowest BCUT2D eigenvalue weighted by Gasteiger charge is -2.37. The number of carbonyl (C=O) groups is 2. The lowest BCUT2D eigenvalue weighted by Crippen LogP contribution is -2.50. The maximum absolute atomic E-state index is 12.9. The molecule has 3 rings (SSSR count). The summed E-state index contributed by atoms with van der Waals surface area (Å²) >= 11 is 0. The van der Waals surface area contributed by atoms with E-state index in [1.807, 2.05) is 6.07 Å². The van der Waals surface area contributed by atoms with Crippen LogP contribution in [0.25, 0.3) is 0 Å². The van der Waals surface area contributed by atoms with Crippen molar-refractivity contribution >= 4 is 11.9 Å². The van der Waals surface area contributed by atoms with Crippen LogP contribution in [0.1, 0.15) is 49.1 Å². The summed E-state index contributed by atoms with van der Waals surface area (Å²) in [6, 6.07) is 4.58. The highest BCUT2D eigenvalue weighted by atomic mass is 16.4. The van der Waals surface area contributed by atoms with Gasteiger partial charge in [0.1, 0.15) is 11.8 Å². The zero-order valence-electron chi connectivity index (χ0n) is 12.5. The Morgan fingerprint density at radius 1 is 1.14 bits per heavy atom. The molecule has 0 bridgehead atoms. The van der Waals surface area contributed by atoms with Gasteiger partial charge in [0.05, 0.1) is 5.92 Å². The molecule has 1 aromatic carbocycles. The first kappa shape index (κ1) is 14.9. The topological polar surface area (TPSA) is 77.8 Å². The normalized spacial score (nSPS) is 24.6. The Morgan fingerprint density at radius 3 is 2.73 bits per heavy atom. The summed E-state index contributed by atoms with van der Waals surface area (Å²) in [6.07, 6.45) is 4.57. The molecule has 5 nitrogen and oxygen atoms in total. The van der Waals surface area contributed by atoms with Gasteiger partial charge in [0, 0.05) is 6.54 Å². The van der Waals surface area contributed by atoms with Crippen molar-refractivity contribution in [1.82, 2.24) is 4.90 Å². The van der Waals surface area contributed by atoms with Crippen LogP contribution < -0.4 is 0 Å². The van der Waals surface area contributed by atoms with E-state index in [9.17, 15) is 19.8 Å². The molecule has 1 aliphatic carbocycles. The standard InChI is InChI=1S/C17H21NO4/c19-15-9-4-5-11-12(15)6-3-7-13(11)16(20)18-10-2-1-8-14(18)17(21)22/h4-5,9,13-14,19H,1-3,6-8,10H2,(H,21,22)/t13-,14+/m1/s1. The third-order valence-electron chi connectivity index (χ3n) is 4.85. The van der Waals surface area contributed by atoms with Crippen LogP contribution in [0.15, 0.2) is 18.2 Å². The maximum Gasteiger partial charge on any atom is 0.326 e. The van der Waals surface area contributed by atoms with Crippen LogP contribution in [0.2, 0.25) is 0 Å². The number of aromatic hydroxyl groups is 1. The monoisotopic (exact) mass is 303 g/mol. The molecule has 2 atom stereocenters. The average molecular weight is 303 g/mol. The number of phenols is 1. The van der Waals surface area contributed by atoms with E-state index in [0.717, 1.165) is 43.2 Å². The zero-order valence-corrected chi connectivity index (χ0v) is 12.5. The molecule has 1 aliphatic heterocycles. The van der Waals surface area contributed by atoms with Gasteiger partial charge in [-0.3, -0.25) is 4.79 Å². The van der Waals surface area contributed by atoms with E-state index in [-0.39, 0.29) is 17.6 Å². The van der Waals surface area contributed by atoms with Crippen LogP contribution in [-0.2, 0) is 16.0 Å². The van der Waals surface area contributed by atoms with Crippen LogP contribution in [0.5, 0.6) is 5.75 Å². The molecule has 1 amide bonds. The maximum atomic E-state index is 12.9. The van der Waals surface area contributed by atoms with Crippen LogP contribution in [0, 0.1) is 0 Å². The lowest BCUT2D eigenvalue weighted by atomic mass is 9.81. The van der Waals surface area contributed by atoms with Crippen LogP contribution >= 0.6 is 0 Å². The van der Waals surface area contributed by atoms with Crippen molar-refractivity contribution in [3.63, 3.8) is 0 Å². The van der Waals surface area contributed by atoms with Crippen molar-refractivity contribution in [2.24, 2.45) is 0 Å². The van der Waals surface area contributed by atoms with Gasteiger partial charge in [0.25, 0.3) is 0 Å². The third-order valence-corrected chi connectivity index (χ3v) is 4.85. The van der Waals surface area contributed by atoms with Crippen LogP contribution in [0.3, 0.4) is 0 Å². The number of piperidine rings is 1. The Hall–Kier alpha value is -2.04. The van der Waals surface area contributed by atoms with E-state index in [1.54, 1.807) is 12.1 Å². The highest BCUT2D eigenvalue weighted by Crippen LogP contribution is 2.38. The first-order chi connectivity index (χ1) is 10.6. The fourth-order valence-corrected chi connectivity index (χ4v) is 3.74. The van der Waals surface area contributed by atoms with Crippen molar-refractivity contribution in [2.45, 2.75) is 50.5 Å². The minimum Gasteiger partial charge on any atom is -0.508 e. The second-order valence-electron chi connectivity index (χ2n) is 6.17. The summed E-state index contributed by atoms with van der Waals surface area (Å²) in [6.45, 7) is 0.514. The molecule has 22 heavy (non-hydrogen) atoms. The largest absolute Gasteiger partial charge is 0.508 e. The number of nitrogens with zero attached hydrogens (tertiary/aromatic N) is 1. The van der Waals surface area contributed by atoms with Gasteiger partial charge in [0.2, 0.25) is 5.91 Å². The van der Waals surface area contributed by atoms with Crippen molar-refractivity contribution in [2.75, 3.05) is 6.54 Å². The highest BCUT2D eigenvalue weighted by molar-refractivity contribution is 5.89. The molecule has 2 N–H and O–H groups in total. The quantitative estimate of drug-likeness (QED) is 0.878. The molecule has 0 radical (unpaired) electrons. The van der Waals surface area contributed by atoms with E-state index in [4.69, 9.17) is 0 Å². The van der Waals surface area contributed by atoms with E-state index < -0.39 is 12.0 Å². The Bertz CT molecular complexity index is 598. The number of phenolic OH excluding ortho intramolecular Hbond substituents is 1. The fourth-order valence-electron chi connectivity index (χ4n) is 3.74. The van der Waals surface area contributed by atoms with E-state index in [0.29, 0.717) is 13.0 Å². The Labute approximate surface area is 129 Å². The molecule has 2 aliphatic rings. The van der Waals surface area contributed by atoms with E-state index >= 15 is 0 Å². The molecule has 5 heteroatoms. The minimum absolute atomic E-state index is 0.0985. The number of likely N-dealkylation sites (tertiary alicyclic amines) is 1. The van der Waals surface area contributed by atoms with Gasteiger partial charge in [-0.2, -0.15) is 0 Å².